The summed E-state index contributed by atoms with van der Waals surface area (Å²) in [4.78, 5) is 31.1. The van der Waals surface area contributed by atoms with Crippen LogP contribution in [-0.2, 0) is 9.59 Å². The number of aliphatic imine (C=N–C) groups is 1. The summed E-state index contributed by atoms with van der Waals surface area (Å²) in [7, 11) is 3.95. The molecule has 1 aliphatic heterocycles. The van der Waals surface area contributed by atoms with Gasteiger partial charge in [0.15, 0.2) is 5.17 Å². The van der Waals surface area contributed by atoms with Gasteiger partial charge in [0, 0.05) is 31.9 Å². The molecule has 1 unspecified atom stereocenters. The highest BCUT2D eigenvalue weighted by Crippen LogP contribution is 2.27. The number of nitrogens with one attached hydrogen (secondary N) is 2. The van der Waals surface area contributed by atoms with Crippen LogP contribution in [0.25, 0.3) is 0 Å². The lowest BCUT2D eigenvalue weighted by atomic mass is 10.1. The summed E-state index contributed by atoms with van der Waals surface area (Å²) < 4.78 is 0. The highest BCUT2D eigenvalue weighted by Gasteiger charge is 2.32. The Bertz CT molecular complexity index is 923. The average Bonchev–Trinajstić information content (AvgIpc) is 2.98. The van der Waals surface area contributed by atoms with Crippen molar-refractivity contribution < 1.29 is 9.59 Å². The molecule has 1 saturated heterocycles. The fraction of sp³-hybridized carbons (Fsp3) is 0.286. The maximum atomic E-state index is 12.4. The predicted octanol–water partition coefficient (Wildman–Crippen LogP) is 3.62. The number of benzene rings is 2. The van der Waals surface area contributed by atoms with Crippen molar-refractivity contribution in [3.8, 4) is 0 Å². The van der Waals surface area contributed by atoms with E-state index in [1.165, 1.54) is 11.8 Å². The largest absolute Gasteiger partial charge is 0.378 e. The van der Waals surface area contributed by atoms with E-state index in [9.17, 15) is 9.59 Å². The first-order chi connectivity index (χ1) is 13.3. The van der Waals surface area contributed by atoms with E-state index in [0.29, 0.717) is 5.17 Å². The number of anilines is 2. The maximum Gasteiger partial charge on any atom is 0.240 e. The van der Waals surface area contributed by atoms with Crippen LogP contribution in [0.5, 0.6) is 0 Å². The third kappa shape index (κ3) is 4.72. The van der Waals surface area contributed by atoms with Crippen LogP contribution in [0.3, 0.4) is 0 Å². The molecule has 2 aromatic rings. The highest BCUT2D eigenvalue weighted by molar-refractivity contribution is 8.15. The van der Waals surface area contributed by atoms with Crippen LogP contribution >= 0.6 is 11.8 Å². The molecule has 0 aromatic heterocycles. The molecule has 7 heteroatoms. The molecule has 28 heavy (non-hydrogen) atoms. The lowest BCUT2D eigenvalue weighted by Gasteiger charge is -2.11. The molecule has 1 aliphatic rings. The third-order valence-corrected chi connectivity index (χ3v) is 5.70. The lowest BCUT2D eigenvalue weighted by Crippen LogP contribution is -2.28. The van der Waals surface area contributed by atoms with Gasteiger partial charge in [0.2, 0.25) is 11.8 Å². The van der Waals surface area contributed by atoms with Crippen molar-refractivity contribution in [2.24, 2.45) is 4.99 Å². The van der Waals surface area contributed by atoms with E-state index in [1.807, 2.05) is 75.3 Å². The number of carbonyl (C=O) groups is 2. The van der Waals surface area contributed by atoms with E-state index in [0.717, 1.165) is 28.2 Å². The van der Waals surface area contributed by atoms with E-state index in [2.05, 4.69) is 15.6 Å². The minimum Gasteiger partial charge on any atom is -0.378 e. The Morgan fingerprint density at radius 3 is 2.57 bits per heavy atom. The lowest BCUT2D eigenvalue weighted by molar-refractivity contribution is -0.122. The van der Waals surface area contributed by atoms with Crippen LogP contribution in [0.1, 0.15) is 17.5 Å². The number of hydrogen-bond acceptors (Lipinski definition) is 5. The molecular formula is C21H24N4O2S. The summed E-state index contributed by atoms with van der Waals surface area (Å²) in [5.41, 5.74) is 4.76. The van der Waals surface area contributed by atoms with E-state index < -0.39 is 5.25 Å². The first-order valence-corrected chi connectivity index (χ1v) is 9.91. The van der Waals surface area contributed by atoms with Crippen molar-refractivity contribution in [2.75, 3.05) is 24.3 Å². The first kappa shape index (κ1) is 19.9. The fourth-order valence-electron chi connectivity index (χ4n) is 2.79. The molecule has 2 amide bonds. The second kappa shape index (κ2) is 8.48. The van der Waals surface area contributed by atoms with Gasteiger partial charge in [-0.25, -0.2) is 4.99 Å². The van der Waals surface area contributed by atoms with E-state index in [1.54, 1.807) is 0 Å². The molecule has 0 radical (unpaired) electrons. The zero-order valence-electron chi connectivity index (χ0n) is 16.4. The number of nitrogens with zero attached hydrogens (tertiary/aromatic N) is 2. The molecule has 146 valence electrons. The number of amidine groups is 1. The molecule has 2 aromatic carbocycles. The van der Waals surface area contributed by atoms with Gasteiger partial charge in [-0.1, -0.05) is 23.9 Å². The van der Waals surface area contributed by atoms with Gasteiger partial charge in [0.05, 0.1) is 5.69 Å². The van der Waals surface area contributed by atoms with Gasteiger partial charge >= 0.3 is 0 Å². The van der Waals surface area contributed by atoms with Crippen LogP contribution in [0.2, 0.25) is 0 Å². The van der Waals surface area contributed by atoms with Crippen molar-refractivity contribution in [1.82, 2.24) is 5.32 Å². The van der Waals surface area contributed by atoms with Crippen LogP contribution in [0.15, 0.2) is 47.5 Å². The molecule has 6 nitrogen and oxygen atoms in total. The third-order valence-electron chi connectivity index (χ3n) is 4.62. The monoisotopic (exact) mass is 396 g/mol. The van der Waals surface area contributed by atoms with Crippen LogP contribution in [0.4, 0.5) is 17.1 Å². The van der Waals surface area contributed by atoms with Gasteiger partial charge < -0.3 is 15.5 Å². The molecule has 1 atom stereocenters. The smallest absolute Gasteiger partial charge is 0.240 e. The number of rotatable bonds is 5. The zero-order valence-corrected chi connectivity index (χ0v) is 17.3. The Kier molecular flexibility index (Phi) is 6.04. The molecule has 3 rings (SSSR count). The minimum atomic E-state index is -0.482. The summed E-state index contributed by atoms with van der Waals surface area (Å²) in [6.07, 6.45) is 0.0997. The Labute approximate surface area is 169 Å². The number of aryl methyl sites for hydroxylation is 1. The maximum absolute atomic E-state index is 12.4. The molecule has 2 N–H and O–H groups in total. The highest BCUT2D eigenvalue weighted by atomic mass is 32.2. The van der Waals surface area contributed by atoms with E-state index in [-0.39, 0.29) is 18.2 Å². The molecule has 1 heterocycles. The molecule has 0 bridgehead atoms. The fourth-order valence-corrected chi connectivity index (χ4v) is 3.78. The van der Waals surface area contributed by atoms with Gasteiger partial charge in [-0.2, -0.15) is 0 Å². The van der Waals surface area contributed by atoms with Crippen LogP contribution in [-0.4, -0.2) is 36.3 Å². The van der Waals surface area contributed by atoms with Crippen molar-refractivity contribution in [1.29, 1.82) is 0 Å². The molecule has 0 aliphatic carbocycles. The Hall–Kier alpha value is -2.80. The summed E-state index contributed by atoms with van der Waals surface area (Å²) in [5, 5.41) is 5.71. The Morgan fingerprint density at radius 1 is 1.18 bits per heavy atom. The number of thioether (sulfide) groups is 1. The molecular weight excluding hydrogens is 372 g/mol. The first-order valence-electron chi connectivity index (χ1n) is 9.03. The van der Waals surface area contributed by atoms with Gasteiger partial charge in [0.25, 0.3) is 0 Å². The van der Waals surface area contributed by atoms with Gasteiger partial charge in [-0.05, 0) is 55.3 Å². The minimum absolute atomic E-state index is 0.0997. The van der Waals surface area contributed by atoms with Gasteiger partial charge in [-0.15, -0.1) is 0 Å². The number of carbonyl (C=O) groups excluding carboxylic acids is 2. The second-order valence-electron chi connectivity index (χ2n) is 6.92. The number of hydrogen-bond donors (Lipinski definition) is 2. The summed E-state index contributed by atoms with van der Waals surface area (Å²) in [5.74, 6) is -0.372. The van der Waals surface area contributed by atoms with E-state index in [4.69, 9.17) is 0 Å². The van der Waals surface area contributed by atoms with Crippen LogP contribution < -0.4 is 15.5 Å². The Balaban J connectivity index is 1.62. The van der Waals surface area contributed by atoms with Gasteiger partial charge in [0.1, 0.15) is 5.25 Å². The van der Waals surface area contributed by atoms with Crippen molar-refractivity contribution in [3.63, 3.8) is 0 Å². The molecule has 1 fully saturated rings. The van der Waals surface area contributed by atoms with Gasteiger partial charge in [-0.3, -0.25) is 9.59 Å². The second-order valence-corrected chi connectivity index (χ2v) is 8.11. The molecule has 0 spiro atoms. The number of amides is 2. The zero-order chi connectivity index (χ0) is 20.3. The van der Waals surface area contributed by atoms with Crippen molar-refractivity contribution in [3.05, 3.63) is 53.6 Å². The Morgan fingerprint density at radius 2 is 1.89 bits per heavy atom. The quantitative estimate of drug-likeness (QED) is 0.810. The predicted molar refractivity (Wildman–Crippen MR) is 117 cm³/mol. The normalized spacial score (nSPS) is 17.5. The summed E-state index contributed by atoms with van der Waals surface area (Å²) in [6, 6.07) is 13.5. The van der Waals surface area contributed by atoms with Crippen molar-refractivity contribution in [2.45, 2.75) is 25.5 Å². The average molecular weight is 397 g/mol. The van der Waals surface area contributed by atoms with Crippen LogP contribution in [0, 0.1) is 13.8 Å². The van der Waals surface area contributed by atoms with E-state index >= 15 is 0 Å². The summed E-state index contributed by atoms with van der Waals surface area (Å²) in [6.45, 7) is 3.97. The topological polar surface area (TPSA) is 73.8 Å². The SMILES string of the molecule is Cc1cccc(NC(=O)CC2SC(=Nc3ccc(N(C)C)cc3)NC2=O)c1C. The standard InChI is InChI=1S/C21H24N4O2S/c1-13-6-5-7-17(14(13)2)23-19(26)12-18-20(27)24-21(28-18)22-15-8-10-16(11-9-15)25(3)4/h5-11,18H,12H2,1-4H3,(H,23,26)(H,22,24,27). The summed E-state index contributed by atoms with van der Waals surface area (Å²) >= 11 is 1.29. The molecule has 0 saturated carbocycles. The van der Waals surface area contributed by atoms with Crippen molar-refractivity contribution >= 4 is 45.8 Å².